The summed E-state index contributed by atoms with van der Waals surface area (Å²) in [5.41, 5.74) is 1.65. The number of Topliss-reactive ketones (excluding diaryl/α,β-unsaturated/α-hetero) is 1. The number of ketones is 1. The van der Waals surface area contributed by atoms with Crippen molar-refractivity contribution in [3.05, 3.63) is 59.1 Å². The van der Waals surface area contributed by atoms with Gasteiger partial charge >= 0.3 is 5.97 Å². The molecule has 0 amide bonds. The van der Waals surface area contributed by atoms with Gasteiger partial charge in [-0.3, -0.25) is 4.79 Å². The van der Waals surface area contributed by atoms with Gasteiger partial charge in [-0.05, 0) is 103 Å². The van der Waals surface area contributed by atoms with Crippen molar-refractivity contribution in [2.75, 3.05) is 6.61 Å². The van der Waals surface area contributed by atoms with Gasteiger partial charge in [-0.2, -0.15) is 0 Å². The second-order valence-electron chi connectivity index (χ2n) is 23.4. The van der Waals surface area contributed by atoms with Crippen molar-refractivity contribution in [3.63, 3.8) is 0 Å². The molecule has 1 aromatic rings. The van der Waals surface area contributed by atoms with Gasteiger partial charge in [-0.1, -0.05) is 109 Å². The monoisotopic (exact) mass is 1030 g/mol. The van der Waals surface area contributed by atoms with E-state index in [4.69, 9.17) is 42.3 Å². The van der Waals surface area contributed by atoms with Crippen molar-refractivity contribution >= 4 is 36.0 Å². The van der Waals surface area contributed by atoms with Crippen LogP contribution in [-0.4, -0.2) is 112 Å². The first-order chi connectivity index (χ1) is 32.2. The number of rotatable bonds is 21. The zero-order valence-electron chi connectivity index (χ0n) is 42.6. The second-order valence-corrected chi connectivity index (χ2v) is 29.4. The number of fused-ring (bicyclic) bond motifs is 1. The third-order valence-electron chi connectivity index (χ3n) is 17.1. The second kappa shape index (κ2) is 21.7. The number of carbonyl (C=O) groups excluding carboxylic acids is 2. The lowest BCUT2D eigenvalue weighted by Gasteiger charge is -2.47. The average molecular weight is 1030 g/mol. The van der Waals surface area contributed by atoms with E-state index in [9.17, 15) is 9.59 Å². The van der Waals surface area contributed by atoms with Crippen molar-refractivity contribution in [1.29, 1.82) is 0 Å². The standard InChI is InChI=1S/C55H83BrO11Si/c1-12-13-19-39-25-33(3)35(5)45(60-39)29-46-42(36(6)44(63-46)24-32(2)31-59-68(10,11)54(7,8)9)28-38(57)27-40-20-21-43-48(61-40)52-51-50(64-43)49-47(65-51)30-55(66-49,67-52)23-22-41(26-34(4)56)62-53(58)37-17-15-14-16-18-37/h14-18,32-33,36,39-52H,4-5,12-13,19-31H2,1-3,6-11H3/t32-,33+,36+,39?,40+,41+,42+,43-,44+,45+,46?,47+,48-,49?,50-,51+,52?,55-/m0/s1. The maximum atomic E-state index is 14.5. The van der Waals surface area contributed by atoms with Crippen LogP contribution in [0.2, 0.25) is 18.1 Å². The van der Waals surface area contributed by atoms with Crippen molar-refractivity contribution < 1.29 is 51.9 Å². The molecule has 0 N–H and O–H groups in total. The van der Waals surface area contributed by atoms with Crippen LogP contribution in [0.15, 0.2) is 53.5 Å². The molecule has 8 fully saturated rings. The highest BCUT2D eigenvalue weighted by molar-refractivity contribution is 9.11. The maximum absolute atomic E-state index is 14.5. The number of ether oxygens (including phenoxy) is 8. The maximum Gasteiger partial charge on any atom is 0.338 e. The van der Waals surface area contributed by atoms with E-state index < -0.39 is 32.4 Å². The van der Waals surface area contributed by atoms with Crippen LogP contribution in [-0.2, 0) is 47.1 Å². The number of hydrogen-bond acceptors (Lipinski definition) is 11. The molecule has 0 aliphatic carbocycles. The van der Waals surface area contributed by atoms with Gasteiger partial charge in [-0.15, -0.1) is 0 Å². The van der Waals surface area contributed by atoms with Crippen molar-refractivity contribution in [1.82, 2.24) is 0 Å². The molecule has 8 saturated heterocycles. The molecule has 13 heteroatoms. The minimum Gasteiger partial charge on any atom is -0.458 e. The SMILES string of the molecule is C=C(Br)C[C@@H](CC[C@@]12C[C@H]3O[C@H]4C(O1)[C@H]1O[C@@H](CC(=O)C[C@H]5C(C[C@H]6OC(CCCC)C[C@@H](C)C6=C)O[C@H](C[C@H](C)CO[Si](C)(C)C(C)(C)C)[C@@H]5C)CC[C@@H]1O[C@H]4C3O2)OC(=O)c1ccccc1. The lowest BCUT2D eigenvalue weighted by Crippen LogP contribution is -2.61. The summed E-state index contributed by atoms with van der Waals surface area (Å²) >= 11 is 3.50. The Hall–Kier alpha value is -1.78. The van der Waals surface area contributed by atoms with Crippen LogP contribution >= 0.6 is 15.9 Å². The topological polar surface area (TPSA) is 117 Å². The average Bonchev–Trinajstić information content (AvgIpc) is 3.83. The van der Waals surface area contributed by atoms with Gasteiger partial charge in [0, 0.05) is 45.1 Å². The fraction of sp³-hybridized carbons (Fsp3) is 0.782. The minimum absolute atomic E-state index is 0.0212. The molecular formula is C55H83BrO11Si. The normalized spacial score (nSPS) is 38.5. The summed E-state index contributed by atoms with van der Waals surface area (Å²) in [6.45, 7) is 29.9. The van der Waals surface area contributed by atoms with Crippen LogP contribution < -0.4 is 0 Å². The largest absolute Gasteiger partial charge is 0.458 e. The number of esters is 1. The van der Waals surface area contributed by atoms with E-state index in [1.54, 1.807) is 12.1 Å². The third kappa shape index (κ3) is 11.8. The fourth-order valence-electron chi connectivity index (χ4n) is 12.0. The number of unbranched alkanes of at least 4 members (excludes halogenated alkanes) is 1. The Labute approximate surface area is 417 Å². The predicted molar refractivity (Wildman–Crippen MR) is 268 cm³/mol. The molecule has 8 aliphatic rings. The molecule has 11 nitrogen and oxygen atoms in total. The van der Waals surface area contributed by atoms with Gasteiger partial charge in [0.1, 0.15) is 42.4 Å². The van der Waals surface area contributed by atoms with Crippen LogP contribution in [0.4, 0.5) is 0 Å². The first-order valence-electron chi connectivity index (χ1n) is 26.3. The summed E-state index contributed by atoms with van der Waals surface area (Å²) in [7, 11) is -1.90. The van der Waals surface area contributed by atoms with Gasteiger partial charge in [0.05, 0.1) is 48.3 Å². The number of carbonyl (C=O) groups is 2. The van der Waals surface area contributed by atoms with Gasteiger partial charge in [0.2, 0.25) is 0 Å². The zero-order chi connectivity index (χ0) is 48.7. The fourth-order valence-corrected chi connectivity index (χ4v) is 13.5. The van der Waals surface area contributed by atoms with Crippen LogP contribution in [0.25, 0.3) is 0 Å². The predicted octanol–water partition coefficient (Wildman–Crippen LogP) is 11.6. The highest BCUT2D eigenvalue weighted by Gasteiger charge is 2.68. The Morgan fingerprint density at radius 1 is 0.912 bits per heavy atom. The molecule has 380 valence electrons. The van der Waals surface area contributed by atoms with Crippen molar-refractivity contribution in [2.45, 2.75) is 242 Å². The third-order valence-corrected chi connectivity index (χ3v) is 22.0. The van der Waals surface area contributed by atoms with E-state index in [1.165, 1.54) is 0 Å². The van der Waals surface area contributed by atoms with E-state index in [1.807, 2.05) is 18.2 Å². The quantitative estimate of drug-likeness (QED) is 0.0665. The molecule has 8 heterocycles. The van der Waals surface area contributed by atoms with Crippen LogP contribution in [0.5, 0.6) is 0 Å². The van der Waals surface area contributed by atoms with Gasteiger partial charge in [0.25, 0.3) is 0 Å². The van der Waals surface area contributed by atoms with E-state index in [-0.39, 0.29) is 89.7 Å². The van der Waals surface area contributed by atoms with E-state index in [2.05, 4.69) is 90.6 Å². The molecule has 0 saturated carbocycles. The summed E-state index contributed by atoms with van der Waals surface area (Å²) < 4.78 is 61.6. The molecule has 0 aromatic heterocycles. The molecule has 8 aliphatic heterocycles. The number of halogens is 1. The summed E-state index contributed by atoms with van der Waals surface area (Å²) in [4.78, 5) is 27.6. The summed E-state index contributed by atoms with van der Waals surface area (Å²) in [5, 5.41) is 0.146. The molecule has 0 spiro atoms. The zero-order valence-corrected chi connectivity index (χ0v) is 45.2. The highest BCUT2D eigenvalue weighted by atomic mass is 79.9. The summed E-state index contributed by atoms with van der Waals surface area (Å²) in [5.74, 6) is -0.177. The molecule has 6 bridgehead atoms. The van der Waals surface area contributed by atoms with Crippen LogP contribution in [0.1, 0.15) is 149 Å². The van der Waals surface area contributed by atoms with Gasteiger partial charge in [0.15, 0.2) is 14.1 Å². The summed E-state index contributed by atoms with van der Waals surface area (Å²) in [6.07, 6.45) is 7.56. The number of benzene rings is 1. The van der Waals surface area contributed by atoms with Gasteiger partial charge in [-0.25, -0.2) is 4.79 Å². The van der Waals surface area contributed by atoms with Crippen molar-refractivity contribution in [2.24, 2.45) is 23.7 Å². The molecule has 0 radical (unpaired) electrons. The molecule has 9 rings (SSSR count). The van der Waals surface area contributed by atoms with Crippen LogP contribution in [0.3, 0.4) is 0 Å². The first kappa shape index (κ1) is 52.5. The summed E-state index contributed by atoms with van der Waals surface area (Å²) in [6, 6.07) is 9.04. The van der Waals surface area contributed by atoms with E-state index >= 15 is 0 Å². The van der Waals surface area contributed by atoms with Crippen molar-refractivity contribution in [3.8, 4) is 0 Å². The Morgan fingerprint density at radius 3 is 2.35 bits per heavy atom. The Balaban J connectivity index is 0.923. The minimum atomic E-state index is -1.90. The molecule has 4 unspecified atom stereocenters. The molecule has 1 aromatic carbocycles. The Kier molecular flexibility index (Phi) is 16.8. The first-order valence-corrected chi connectivity index (χ1v) is 30.0. The van der Waals surface area contributed by atoms with E-state index in [0.717, 1.165) is 61.4 Å². The molecular weight excluding hydrogens is 945 g/mol. The highest BCUT2D eigenvalue weighted by Crippen LogP contribution is 2.54. The Bertz CT molecular complexity index is 1920. The van der Waals surface area contributed by atoms with Gasteiger partial charge < -0.3 is 42.3 Å². The molecule has 68 heavy (non-hydrogen) atoms. The van der Waals surface area contributed by atoms with Crippen LogP contribution in [0, 0.1) is 23.7 Å². The Morgan fingerprint density at radius 2 is 1.63 bits per heavy atom. The lowest BCUT2D eigenvalue weighted by molar-refractivity contribution is -0.292. The van der Waals surface area contributed by atoms with E-state index in [0.29, 0.717) is 62.5 Å². The molecule has 18 atom stereocenters. The lowest BCUT2D eigenvalue weighted by atomic mass is 9.78. The number of hydrogen-bond donors (Lipinski definition) is 0. The smallest absolute Gasteiger partial charge is 0.338 e.